The Morgan fingerprint density at radius 2 is 1.62 bits per heavy atom. The first kappa shape index (κ1) is 28.8. The van der Waals surface area contributed by atoms with Crippen molar-refractivity contribution < 1.29 is 32.3 Å². The van der Waals surface area contributed by atoms with Crippen LogP contribution in [0.4, 0.5) is 29.3 Å². The smallest absolute Gasteiger partial charge is 0.416 e. The SMILES string of the molecule is Cc1cc(NC(=O)OC(C)(C)C)c(NC(=O)CC(=O)c2cccc(-c3ccnc(C4CC4)c3)c2)cc1C(F)(F)F. The monoisotopic (exact) mass is 553 g/mol. The van der Waals surface area contributed by atoms with Crippen molar-refractivity contribution in [2.24, 2.45) is 0 Å². The van der Waals surface area contributed by atoms with Crippen LogP contribution in [0.5, 0.6) is 0 Å². The molecule has 2 N–H and O–H groups in total. The normalized spacial score (nSPS) is 13.5. The zero-order valence-corrected chi connectivity index (χ0v) is 22.6. The number of nitrogens with one attached hydrogen (secondary N) is 2. The van der Waals surface area contributed by atoms with Gasteiger partial charge in [0.05, 0.1) is 23.4 Å². The molecule has 0 saturated heterocycles. The summed E-state index contributed by atoms with van der Waals surface area (Å²) in [5, 5.41) is 4.74. The van der Waals surface area contributed by atoms with Gasteiger partial charge in [0.25, 0.3) is 0 Å². The van der Waals surface area contributed by atoms with Crippen molar-refractivity contribution in [1.82, 2.24) is 4.98 Å². The van der Waals surface area contributed by atoms with Crippen molar-refractivity contribution >= 4 is 29.2 Å². The average molecular weight is 554 g/mol. The largest absolute Gasteiger partial charge is 0.444 e. The number of carbonyl (C=O) groups is 3. The van der Waals surface area contributed by atoms with E-state index in [-0.39, 0.29) is 22.5 Å². The number of hydrogen-bond donors (Lipinski definition) is 2. The number of rotatable bonds is 7. The van der Waals surface area contributed by atoms with Gasteiger partial charge in [0.15, 0.2) is 5.78 Å². The van der Waals surface area contributed by atoms with Crippen LogP contribution in [0.1, 0.15) is 73.1 Å². The lowest BCUT2D eigenvalue weighted by atomic mass is 9.99. The number of aromatic nitrogens is 1. The molecule has 0 unspecified atom stereocenters. The van der Waals surface area contributed by atoms with E-state index in [1.165, 1.54) is 6.92 Å². The summed E-state index contributed by atoms with van der Waals surface area (Å²) in [7, 11) is 0. The highest BCUT2D eigenvalue weighted by atomic mass is 19.4. The number of Topliss-reactive ketones (excluding diaryl/α,β-unsaturated/α-hetero) is 1. The molecule has 4 rings (SSSR count). The van der Waals surface area contributed by atoms with Gasteiger partial charge in [0.2, 0.25) is 5.91 Å². The van der Waals surface area contributed by atoms with Crippen molar-refractivity contribution in [1.29, 1.82) is 0 Å². The third kappa shape index (κ3) is 7.46. The van der Waals surface area contributed by atoms with E-state index in [0.717, 1.165) is 41.8 Å². The Balaban J connectivity index is 1.53. The van der Waals surface area contributed by atoms with Crippen LogP contribution in [0.3, 0.4) is 0 Å². The first-order valence-corrected chi connectivity index (χ1v) is 12.8. The predicted molar refractivity (Wildman–Crippen MR) is 145 cm³/mol. The lowest BCUT2D eigenvalue weighted by molar-refractivity contribution is -0.138. The summed E-state index contributed by atoms with van der Waals surface area (Å²) in [5.41, 5.74) is 0.563. The van der Waals surface area contributed by atoms with Crippen LogP contribution in [0.25, 0.3) is 11.1 Å². The summed E-state index contributed by atoms with van der Waals surface area (Å²) in [4.78, 5) is 42.5. The van der Waals surface area contributed by atoms with Crippen LogP contribution in [0, 0.1) is 6.92 Å². The number of aryl methyl sites for hydroxylation is 1. The maximum atomic E-state index is 13.6. The standard InChI is InChI=1S/C30H30F3N3O4/c1-17-12-24(36-28(39)40-29(2,3)4)25(15-22(17)30(31,32)33)35-27(38)16-26(37)21-7-5-6-19(13-21)20-10-11-34-23(14-20)18-8-9-18/h5-7,10-15,18H,8-9,16H2,1-4H3,(H,35,38)(H,36,39). The molecule has 7 nitrogen and oxygen atoms in total. The van der Waals surface area contributed by atoms with E-state index in [1.807, 2.05) is 18.2 Å². The van der Waals surface area contributed by atoms with Gasteiger partial charge in [0, 0.05) is 23.4 Å². The molecule has 2 aromatic carbocycles. The van der Waals surface area contributed by atoms with Crippen LogP contribution in [0.2, 0.25) is 0 Å². The first-order chi connectivity index (χ1) is 18.7. The number of pyridine rings is 1. The molecule has 1 saturated carbocycles. The second kappa shape index (κ2) is 11.1. The zero-order valence-electron chi connectivity index (χ0n) is 22.6. The second-order valence-corrected chi connectivity index (χ2v) is 10.8. The Bertz CT molecular complexity index is 1460. The van der Waals surface area contributed by atoms with Gasteiger partial charge in [0.1, 0.15) is 5.60 Å². The molecule has 1 heterocycles. The van der Waals surface area contributed by atoms with Gasteiger partial charge in [-0.15, -0.1) is 0 Å². The summed E-state index contributed by atoms with van der Waals surface area (Å²) in [5.74, 6) is -0.886. The number of anilines is 2. The van der Waals surface area contributed by atoms with Crippen molar-refractivity contribution in [2.75, 3.05) is 10.6 Å². The minimum atomic E-state index is -4.70. The number of ketones is 1. The molecule has 1 aliphatic rings. The molecule has 10 heteroatoms. The number of nitrogens with zero attached hydrogens (tertiary/aromatic N) is 1. The Morgan fingerprint density at radius 3 is 2.27 bits per heavy atom. The number of halogens is 3. The minimum Gasteiger partial charge on any atom is -0.444 e. The van der Waals surface area contributed by atoms with Gasteiger partial charge in [-0.3, -0.25) is 19.9 Å². The fraction of sp³-hybridized carbons (Fsp3) is 0.333. The molecule has 1 aliphatic carbocycles. The highest BCUT2D eigenvalue weighted by molar-refractivity contribution is 6.12. The van der Waals surface area contributed by atoms with Crippen LogP contribution in [-0.2, 0) is 15.7 Å². The van der Waals surface area contributed by atoms with Crippen molar-refractivity contribution in [3.05, 3.63) is 77.1 Å². The topological polar surface area (TPSA) is 97.4 Å². The van der Waals surface area contributed by atoms with Crippen molar-refractivity contribution in [3.63, 3.8) is 0 Å². The zero-order chi connectivity index (χ0) is 29.2. The molecule has 0 atom stereocenters. The van der Waals surface area contributed by atoms with Gasteiger partial charge < -0.3 is 10.1 Å². The molecular weight excluding hydrogens is 523 g/mol. The number of alkyl halides is 3. The molecule has 2 amide bonds. The van der Waals surface area contributed by atoms with Crippen molar-refractivity contribution in [3.8, 4) is 11.1 Å². The highest BCUT2D eigenvalue weighted by Gasteiger charge is 2.34. The van der Waals surface area contributed by atoms with Gasteiger partial charge in [-0.25, -0.2) is 4.79 Å². The predicted octanol–water partition coefficient (Wildman–Crippen LogP) is 7.51. The molecule has 0 bridgehead atoms. The average Bonchev–Trinajstić information content (AvgIpc) is 3.69. The number of benzene rings is 2. The second-order valence-electron chi connectivity index (χ2n) is 10.8. The van der Waals surface area contributed by atoms with Crippen LogP contribution < -0.4 is 10.6 Å². The van der Waals surface area contributed by atoms with Crippen LogP contribution in [-0.4, -0.2) is 28.4 Å². The lowest BCUT2D eigenvalue weighted by Gasteiger charge is -2.21. The molecule has 0 aliphatic heterocycles. The molecule has 210 valence electrons. The van der Waals surface area contributed by atoms with E-state index in [4.69, 9.17) is 4.74 Å². The molecule has 0 radical (unpaired) electrons. The van der Waals surface area contributed by atoms with E-state index in [1.54, 1.807) is 45.2 Å². The summed E-state index contributed by atoms with van der Waals surface area (Å²) < 4.78 is 45.9. The van der Waals surface area contributed by atoms with E-state index >= 15 is 0 Å². The third-order valence-corrected chi connectivity index (χ3v) is 6.20. The number of amides is 2. The fourth-order valence-electron chi connectivity index (χ4n) is 4.18. The Kier molecular flexibility index (Phi) is 8.00. The lowest BCUT2D eigenvalue weighted by Crippen LogP contribution is -2.28. The summed E-state index contributed by atoms with van der Waals surface area (Å²) in [6, 6.07) is 12.5. The number of hydrogen-bond acceptors (Lipinski definition) is 5. The van der Waals surface area contributed by atoms with Crippen molar-refractivity contribution in [2.45, 2.75) is 64.7 Å². The summed E-state index contributed by atoms with van der Waals surface area (Å²) in [6.07, 6.45) is -2.29. The van der Waals surface area contributed by atoms with Gasteiger partial charge in [-0.2, -0.15) is 13.2 Å². The van der Waals surface area contributed by atoms with Gasteiger partial charge in [-0.1, -0.05) is 18.2 Å². The first-order valence-electron chi connectivity index (χ1n) is 12.8. The number of carbonyl (C=O) groups excluding carboxylic acids is 3. The maximum Gasteiger partial charge on any atom is 0.416 e. The molecule has 1 fully saturated rings. The quantitative estimate of drug-likeness (QED) is 0.233. The van der Waals surface area contributed by atoms with E-state index < -0.39 is 41.5 Å². The number of ether oxygens (including phenoxy) is 1. The summed E-state index contributed by atoms with van der Waals surface area (Å²) >= 11 is 0. The van der Waals surface area contributed by atoms with Crippen LogP contribution >= 0.6 is 0 Å². The maximum absolute atomic E-state index is 13.6. The van der Waals surface area contributed by atoms with Gasteiger partial charge in [-0.05, 0) is 87.6 Å². The Labute approximate surface area is 230 Å². The fourth-order valence-corrected chi connectivity index (χ4v) is 4.18. The molecular formula is C30H30F3N3O4. The van der Waals surface area contributed by atoms with Crippen LogP contribution in [0.15, 0.2) is 54.7 Å². The Hall–Kier alpha value is -4.21. The minimum absolute atomic E-state index is 0.0910. The Morgan fingerprint density at radius 1 is 0.950 bits per heavy atom. The molecule has 1 aromatic heterocycles. The summed E-state index contributed by atoms with van der Waals surface area (Å²) in [6.45, 7) is 6.14. The van der Waals surface area contributed by atoms with E-state index in [2.05, 4.69) is 15.6 Å². The highest BCUT2D eigenvalue weighted by Crippen LogP contribution is 2.40. The van der Waals surface area contributed by atoms with Gasteiger partial charge >= 0.3 is 12.3 Å². The van der Waals surface area contributed by atoms with E-state index in [0.29, 0.717) is 5.92 Å². The molecule has 40 heavy (non-hydrogen) atoms. The van der Waals surface area contributed by atoms with E-state index in [9.17, 15) is 27.6 Å². The third-order valence-electron chi connectivity index (χ3n) is 6.20. The molecule has 0 spiro atoms. The molecule has 3 aromatic rings.